The molecule has 1 fully saturated rings. The molecule has 1 aromatic carbocycles. The number of nitrogens with zero attached hydrogens (tertiary/aromatic N) is 2. The molecule has 3 aromatic heterocycles. The summed E-state index contributed by atoms with van der Waals surface area (Å²) in [4.78, 5) is 10.4. The van der Waals surface area contributed by atoms with Crippen molar-refractivity contribution in [1.29, 1.82) is 0 Å². The fourth-order valence-corrected chi connectivity index (χ4v) is 4.17. The van der Waals surface area contributed by atoms with Crippen LogP contribution in [0.2, 0.25) is 0 Å². The SMILES string of the molecule is COc1nccc2nc(-c3ccc(C4OCCO4)cc3)c(-c3cccs3)cc12. The van der Waals surface area contributed by atoms with Crippen molar-refractivity contribution in [2.75, 3.05) is 20.3 Å². The molecule has 6 heteroatoms. The summed E-state index contributed by atoms with van der Waals surface area (Å²) in [5.74, 6) is 0.584. The van der Waals surface area contributed by atoms with Crippen molar-refractivity contribution < 1.29 is 14.2 Å². The molecule has 0 spiro atoms. The zero-order chi connectivity index (χ0) is 18.9. The van der Waals surface area contributed by atoms with Gasteiger partial charge in [0.05, 0.1) is 36.9 Å². The molecule has 0 saturated carbocycles. The van der Waals surface area contributed by atoms with E-state index in [4.69, 9.17) is 19.2 Å². The molecule has 0 aliphatic carbocycles. The third-order valence-electron chi connectivity index (χ3n) is 4.76. The first kappa shape index (κ1) is 17.3. The van der Waals surface area contributed by atoms with Gasteiger partial charge in [-0.05, 0) is 23.6 Å². The molecule has 28 heavy (non-hydrogen) atoms. The van der Waals surface area contributed by atoms with Gasteiger partial charge in [-0.3, -0.25) is 0 Å². The van der Waals surface area contributed by atoms with Crippen LogP contribution in [0.4, 0.5) is 0 Å². The molecule has 1 saturated heterocycles. The highest BCUT2D eigenvalue weighted by Gasteiger charge is 2.19. The maximum absolute atomic E-state index is 5.59. The Hall–Kier alpha value is -2.80. The van der Waals surface area contributed by atoms with Crippen LogP contribution < -0.4 is 4.74 Å². The Morgan fingerprint density at radius 3 is 2.61 bits per heavy atom. The summed E-state index contributed by atoms with van der Waals surface area (Å²) in [6.45, 7) is 1.27. The lowest BCUT2D eigenvalue weighted by Crippen LogP contribution is -1.98. The minimum Gasteiger partial charge on any atom is -0.481 e. The summed E-state index contributed by atoms with van der Waals surface area (Å²) in [6.07, 6.45) is 1.45. The first-order valence-corrected chi connectivity index (χ1v) is 9.92. The number of pyridine rings is 2. The number of hydrogen-bond acceptors (Lipinski definition) is 6. The van der Waals surface area contributed by atoms with Gasteiger partial charge in [0.25, 0.3) is 0 Å². The number of fused-ring (bicyclic) bond motifs is 1. The molecule has 4 heterocycles. The lowest BCUT2D eigenvalue weighted by atomic mass is 10.0. The summed E-state index contributed by atoms with van der Waals surface area (Å²) >= 11 is 1.69. The van der Waals surface area contributed by atoms with Crippen molar-refractivity contribution in [3.8, 4) is 27.6 Å². The molecule has 5 rings (SSSR count). The molecule has 0 radical (unpaired) electrons. The van der Waals surface area contributed by atoms with E-state index in [0.717, 1.165) is 38.2 Å². The van der Waals surface area contributed by atoms with Gasteiger partial charge >= 0.3 is 0 Å². The smallest absolute Gasteiger partial charge is 0.222 e. The molecule has 0 bridgehead atoms. The van der Waals surface area contributed by atoms with Gasteiger partial charge in [0.2, 0.25) is 5.88 Å². The first-order chi connectivity index (χ1) is 13.8. The summed E-state index contributed by atoms with van der Waals surface area (Å²) < 4.78 is 16.6. The number of rotatable bonds is 4. The monoisotopic (exact) mass is 390 g/mol. The van der Waals surface area contributed by atoms with Gasteiger partial charge in [0.15, 0.2) is 6.29 Å². The Balaban J connectivity index is 1.66. The number of methoxy groups -OCH3 is 1. The summed E-state index contributed by atoms with van der Waals surface area (Å²) in [5, 5.41) is 2.98. The van der Waals surface area contributed by atoms with Crippen LogP contribution in [0.1, 0.15) is 11.9 Å². The van der Waals surface area contributed by atoms with Crippen molar-refractivity contribution in [3.05, 3.63) is 65.7 Å². The molecule has 1 aliphatic heterocycles. The normalized spacial score (nSPS) is 14.6. The third-order valence-corrected chi connectivity index (χ3v) is 5.67. The predicted molar refractivity (Wildman–Crippen MR) is 109 cm³/mol. The number of aromatic nitrogens is 2. The average molecular weight is 390 g/mol. The van der Waals surface area contributed by atoms with E-state index < -0.39 is 0 Å². The largest absolute Gasteiger partial charge is 0.481 e. The summed E-state index contributed by atoms with van der Waals surface area (Å²) in [5.41, 5.74) is 4.92. The van der Waals surface area contributed by atoms with Crippen LogP contribution in [-0.4, -0.2) is 30.3 Å². The molecule has 1 aliphatic rings. The summed E-state index contributed by atoms with van der Waals surface area (Å²) in [7, 11) is 1.63. The van der Waals surface area contributed by atoms with Crippen molar-refractivity contribution in [1.82, 2.24) is 9.97 Å². The van der Waals surface area contributed by atoms with Crippen LogP contribution in [-0.2, 0) is 9.47 Å². The second kappa shape index (κ2) is 7.31. The molecular weight excluding hydrogens is 372 g/mol. The van der Waals surface area contributed by atoms with E-state index in [1.165, 1.54) is 0 Å². The predicted octanol–water partition coefficient (Wildman–Crippen LogP) is 5.08. The van der Waals surface area contributed by atoms with Crippen molar-refractivity contribution >= 4 is 22.2 Å². The van der Waals surface area contributed by atoms with Gasteiger partial charge < -0.3 is 14.2 Å². The van der Waals surface area contributed by atoms with Crippen LogP contribution >= 0.6 is 11.3 Å². The van der Waals surface area contributed by atoms with Crippen LogP contribution in [0.5, 0.6) is 5.88 Å². The molecular formula is C22H18N2O3S. The maximum Gasteiger partial charge on any atom is 0.222 e. The molecule has 5 nitrogen and oxygen atoms in total. The van der Waals surface area contributed by atoms with E-state index >= 15 is 0 Å². The van der Waals surface area contributed by atoms with Gasteiger partial charge in [-0.15, -0.1) is 11.3 Å². The van der Waals surface area contributed by atoms with E-state index in [1.54, 1.807) is 24.6 Å². The number of benzene rings is 1. The Kier molecular flexibility index (Phi) is 4.52. The zero-order valence-corrected chi connectivity index (χ0v) is 16.1. The van der Waals surface area contributed by atoms with E-state index in [1.807, 2.05) is 24.3 Å². The minimum atomic E-state index is -0.272. The van der Waals surface area contributed by atoms with E-state index in [2.05, 4.69) is 34.6 Å². The van der Waals surface area contributed by atoms with Crippen molar-refractivity contribution in [3.63, 3.8) is 0 Å². The van der Waals surface area contributed by atoms with Crippen LogP contribution in [0.15, 0.2) is 60.1 Å². The molecule has 140 valence electrons. The number of hydrogen-bond donors (Lipinski definition) is 0. The average Bonchev–Trinajstić information content (AvgIpc) is 3.47. The quantitative estimate of drug-likeness (QED) is 0.486. The highest BCUT2D eigenvalue weighted by molar-refractivity contribution is 7.13. The lowest BCUT2D eigenvalue weighted by molar-refractivity contribution is -0.0441. The van der Waals surface area contributed by atoms with Crippen molar-refractivity contribution in [2.45, 2.75) is 6.29 Å². The molecule has 0 amide bonds. The Morgan fingerprint density at radius 1 is 1.07 bits per heavy atom. The fourth-order valence-electron chi connectivity index (χ4n) is 3.42. The van der Waals surface area contributed by atoms with E-state index in [0.29, 0.717) is 19.1 Å². The van der Waals surface area contributed by atoms with Crippen LogP contribution in [0, 0.1) is 0 Å². The molecule has 4 aromatic rings. The van der Waals surface area contributed by atoms with Gasteiger partial charge in [-0.2, -0.15) is 0 Å². The Labute approximate surface area is 166 Å². The molecule has 0 unspecified atom stereocenters. The van der Waals surface area contributed by atoms with Gasteiger partial charge in [0, 0.05) is 27.8 Å². The van der Waals surface area contributed by atoms with Gasteiger partial charge in [-0.1, -0.05) is 30.3 Å². The van der Waals surface area contributed by atoms with E-state index in [9.17, 15) is 0 Å². The topological polar surface area (TPSA) is 53.5 Å². The third kappa shape index (κ3) is 3.05. The second-order valence-electron chi connectivity index (χ2n) is 6.44. The summed E-state index contributed by atoms with van der Waals surface area (Å²) in [6, 6.07) is 16.4. The minimum absolute atomic E-state index is 0.272. The molecule has 0 atom stereocenters. The van der Waals surface area contributed by atoms with Gasteiger partial charge in [0.1, 0.15) is 0 Å². The Morgan fingerprint density at radius 2 is 1.89 bits per heavy atom. The fraction of sp³-hybridized carbons (Fsp3) is 0.182. The maximum atomic E-state index is 5.59. The van der Waals surface area contributed by atoms with E-state index in [-0.39, 0.29) is 6.29 Å². The number of ether oxygens (including phenoxy) is 3. The van der Waals surface area contributed by atoms with Gasteiger partial charge in [-0.25, -0.2) is 9.97 Å². The zero-order valence-electron chi connectivity index (χ0n) is 15.3. The Bertz CT molecular complexity index is 1100. The van der Waals surface area contributed by atoms with Crippen molar-refractivity contribution in [2.24, 2.45) is 0 Å². The van der Waals surface area contributed by atoms with Crippen LogP contribution in [0.25, 0.3) is 32.6 Å². The highest BCUT2D eigenvalue weighted by atomic mass is 32.1. The standard InChI is InChI=1S/C22H18N2O3S/c1-25-21-16-13-17(19-3-2-12-28-19)20(24-18(16)8-9-23-21)14-4-6-15(7-5-14)22-26-10-11-27-22/h2-9,12-13,22H,10-11H2,1H3. The lowest BCUT2D eigenvalue weighted by Gasteiger charge is -2.13. The van der Waals surface area contributed by atoms with Crippen LogP contribution in [0.3, 0.4) is 0 Å². The highest BCUT2D eigenvalue weighted by Crippen LogP contribution is 2.38. The molecule has 0 N–H and O–H groups in total. The number of thiophene rings is 1. The second-order valence-corrected chi connectivity index (χ2v) is 7.39. The first-order valence-electron chi connectivity index (χ1n) is 9.04.